The zero-order valence-corrected chi connectivity index (χ0v) is 9.23. The van der Waals surface area contributed by atoms with E-state index in [1.807, 2.05) is 24.3 Å². The predicted octanol–water partition coefficient (Wildman–Crippen LogP) is 2.09. The van der Waals surface area contributed by atoms with E-state index in [1.54, 1.807) is 18.3 Å². The average molecular weight is 219 g/mol. The summed E-state index contributed by atoms with van der Waals surface area (Å²) in [6, 6.07) is 9.09. The van der Waals surface area contributed by atoms with Gasteiger partial charge in [-0.3, -0.25) is 4.79 Å². The SMILES string of the molecule is O=C(N/C=C/CCCCO)c1ccccc1. The number of hydrogen-bond acceptors (Lipinski definition) is 2. The number of nitrogens with one attached hydrogen (secondary N) is 1. The lowest BCUT2D eigenvalue weighted by Crippen LogP contribution is -2.16. The summed E-state index contributed by atoms with van der Waals surface area (Å²) in [6.45, 7) is 0.226. The molecule has 0 aliphatic carbocycles. The summed E-state index contributed by atoms with van der Waals surface area (Å²) >= 11 is 0. The maximum atomic E-state index is 11.5. The average Bonchev–Trinajstić information content (AvgIpc) is 2.34. The minimum Gasteiger partial charge on any atom is -0.396 e. The molecular weight excluding hydrogens is 202 g/mol. The Morgan fingerprint density at radius 3 is 2.69 bits per heavy atom. The molecular formula is C13H17NO2. The van der Waals surface area contributed by atoms with Gasteiger partial charge in [0.2, 0.25) is 0 Å². The second kappa shape index (κ2) is 7.65. The van der Waals surface area contributed by atoms with Crippen LogP contribution in [-0.4, -0.2) is 17.6 Å². The van der Waals surface area contributed by atoms with Crippen LogP contribution in [-0.2, 0) is 0 Å². The number of aliphatic hydroxyl groups is 1. The lowest BCUT2D eigenvalue weighted by molar-refractivity contribution is 0.0970. The van der Waals surface area contributed by atoms with E-state index < -0.39 is 0 Å². The molecule has 1 aromatic carbocycles. The van der Waals surface area contributed by atoms with Gasteiger partial charge >= 0.3 is 0 Å². The molecule has 2 N–H and O–H groups in total. The summed E-state index contributed by atoms with van der Waals surface area (Å²) in [4.78, 5) is 11.5. The lowest BCUT2D eigenvalue weighted by atomic mass is 10.2. The van der Waals surface area contributed by atoms with Crippen LogP contribution in [0.3, 0.4) is 0 Å². The van der Waals surface area contributed by atoms with Crippen LogP contribution in [0.2, 0.25) is 0 Å². The maximum Gasteiger partial charge on any atom is 0.255 e. The van der Waals surface area contributed by atoms with Gasteiger partial charge in [-0.25, -0.2) is 0 Å². The monoisotopic (exact) mass is 219 g/mol. The van der Waals surface area contributed by atoms with Crippen molar-refractivity contribution < 1.29 is 9.90 Å². The highest BCUT2D eigenvalue weighted by atomic mass is 16.2. The highest BCUT2D eigenvalue weighted by Gasteiger charge is 1.99. The van der Waals surface area contributed by atoms with Gasteiger partial charge in [-0.05, 0) is 31.4 Å². The van der Waals surface area contributed by atoms with Crippen molar-refractivity contribution in [3.63, 3.8) is 0 Å². The minimum absolute atomic E-state index is 0.0981. The molecule has 1 aromatic rings. The molecule has 0 heterocycles. The molecule has 0 saturated heterocycles. The topological polar surface area (TPSA) is 49.3 Å². The summed E-state index contributed by atoms with van der Waals surface area (Å²) in [5.41, 5.74) is 0.655. The van der Waals surface area contributed by atoms with E-state index >= 15 is 0 Å². The third-order valence-electron chi connectivity index (χ3n) is 2.15. The number of benzene rings is 1. The Morgan fingerprint density at radius 1 is 1.25 bits per heavy atom. The van der Waals surface area contributed by atoms with Crippen LogP contribution in [0.1, 0.15) is 29.6 Å². The fraction of sp³-hybridized carbons (Fsp3) is 0.308. The predicted molar refractivity (Wildman–Crippen MR) is 64.0 cm³/mol. The Labute approximate surface area is 95.8 Å². The first-order valence-electron chi connectivity index (χ1n) is 5.46. The van der Waals surface area contributed by atoms with Crippen molar-refractivity contribution in [1.82, 2.24) is 5.32 Å². The molecule has 1 amide bonds. The Morgan fingerprint density at radius 2 is 2.00 bits per heavy atom. The van der Waals surface area contributed by atoms with Crippen LogP contribution in [0.25, 0.3) is 0 Å². The maximum absolute atomic E-state index is 11.5. The zero-order valence-electron chi connectivity index (χ0n) is 9.23. The summed E-state index contributed by atoms with van der Waals surface area (Å²) in [5.74, 6) is -0.0981. The van der Waals surface area contributed by atoms with Crippen molar-refractivity contribution in [1.29, 1.82) is 0 Å². The van der Waals surface area contributed by atoms with E-state index in [-0.39, 0.29) is 12.5 Å². The molecule has 0 aromatic heterocycles. The number of carbonyl (C=O) groups is 1. The Hall–Kier alpha value is -1.61. The van der Waals surface area contributed by atoms with E-state index in [9.17, 15) is 4.79 Å². The van der Waals surface area contributed by atoms with Crippen molar-refractivity contribution in [2.24, 2.45) is 0 Å². The molecule has 0 saturated carbocycles. The van der Waals surface area contributed by atoms with Gasteiger partial charge in [0, 0.05) is 18.4 Å². The van der Waals surface area contributed by atoms with Crippen LogP contribution in [0.15, 0.2) is 42.6 Å². The molecule has 0 aliphatic heterocycles. The molecule has 0 spiro atoms. The molecule has 3 nitrogen and oxygen atoms in total. The summed E-state index contributed by atoms with van der Waals surface area (Å²) in [7, 11) is 0. The van der Waals surface area contributed by atoms with Crippen LogP contribution >= 0.6 is 0 Å². The fourth-order valence-corrected chi connectivity index (χ4v) is 1.26. The molecule has 0 aliphatic rings. The molecule has 86 valence electrons. The summed E-state index contributed by atoms with van der Waals surface area (Å²) < 4.78 is 0. The van der Waals surface area contributed by atoms with Gasteiger partial charge in [-0.2, -0.15) is 0 Å². The quantitative estimate of drug-likeness (QED) is 0.720. The Kier molecular flexibility index (Phi) is 5.96. The van der Waals surface area contributed by atoms with E-state index in [4.69, 9.17) is 5.11 Å². The van der Waals surface area contributed by atoms with Gasteiger partial charge in [0.05, 0.1) is 0 Å². The molecule has 3 heteroatoms. The van der Waals surface area contributed by atoms with Gasteiger partial charge in [0.15, 0.2) is 0 Å². The molecule has 0 atom stereocenters. The fourth-order valence-electron chi connectivity index (χ4n) is 1.26. The third-order valence-corrected chi connectivity index (χ3v) is 2.15. The Bertz CT molecular complexity index is 333. The standard InChI is InChI=1S/C13H17NO2/c15-11-7-2-1-6-10-14-13(16)12-8-4-3-5-9-12/h3-6,8-10,15H,1-2,7,11H2,(H,14,16)/b10-6+. The number of hydrogen-bond donors (Lipinski definition) is 2. The number of aliphatic hydroxyl groups excluding tert-OH is 1. The van der Waals surface area contributed by atoms with Crippen LogP contribution < -0.4 is 5.32 Å². The van der Waals surface area contributed by atoms with Crippen LogP contribution in [0.5, 0.6) is 0 Å². The van der Waals surface area contributed by atoms with Gasteiger partial charge in [-0.15, -0.1) is 0 Å². The molecule has 0 bridgehead atoms. The zero-order chi connectivity index (χ0) is 11.6. The first kappa shape index (κ1) is 12.5. The number of rotatable bonds is 6. The van der Waals surface area contributed by atoms with Gasteiger partial charge in [0.1, 0.15) is 0 Å². The van der Waals surface area contributed by atoms with Gasteiger partial charge < -0.3 is 10.4 Å². The molecule has 0 fully saturated rings. The van der Waals surface area contributed by atoms with Crippen LogP contribution in [0.4, 0.5) is 0 Å². The minimum atomic E-state index is -0.0981. The number of amides is 1. The van der Waals surface area contributed by atoms with Gasteiger partial charge in [0.25, 0.3) is 5.91 Å². The van der Waals surface area contributed by atoms with Crippen molar-refractivity contribution >= 4 is 5.91 Å². The Balaban J connectivity index is 2.25. The van der Waals surface area contributed by atoms with Crippen molar-refractivity contribution in [2.75, 3.05) is 6.61 Å². The van der Waals surface area contributed by atoms with Crippen molar-refractivity contribution in [3.8, 4) is 0 Å². The lowest BCUT2D eigenvalue weighted by Gasteiger charge is -1.99. The van der Waals surface area contributed by atoms with E-state index in [0.29, 0.717) is 5.56 Å². The number of unbranched alkanes of at least 4 members (excludes halogenated alkanes) is 2. The van der Waals surface area contributed by atoms with Gasteiger partial charge in [-0.1, -0.05) is 24.3 Å². The molecule has 16 heavy (non-hydrogen) atoms. The van der Waals surface area contributed by atoms with E-state index in [0.717, 1.165) is 19.3 Å². The van der Waals surface area contributed by atoms with E-state index in [1.165, 1.54) is 0 Å². The van der Waals surface area contributed by atoms with Crippen molar-refractivity contribution in [3.05, 3.63) is 48.2 Å². The number of carbonyl (C=O) groups excluding carboxylic acids is 1. The molecule has 0 unspecified atom stereocenters. The molecule has 1 rings (SSSR count). The third kappa shape index (κ3) is 4.75. The molecule has 0 radical (unpaired) electrons. The van der Waals surface area contributed by atoms with E-state index in [2.05, 4.69) is 5.32 Å². The second-order valence-corrected chi connectivity index (χ2v) is 3.46. The largest absolute Gasteiger partial charge is 0.396 e. The number of allylic oxidation sites excluding steroid dienone is 1. The second-order valence-electron chi connectivity index (χ2n) is 3.46. The first-order valence-corrected chi connectivity index (χ1v) is 5.46. The highest BCUT2D eigenvalue weighted by Crippen LogP contribution is 1.98. The van der Waals surface area contributed by atoms with Crippen molar-refractivity contribution in [2.45, 2.75) is 19.3 Å². The smallest absolute Gasteiger partial charge is 0.255 e. The highest BCUT2D eigenvalue weighted by molar-refractivity contribution is 5.94. The van der Waals surface area contributed by atoms with Crippen LogP contribution in [0, 0.1) is 0 Å². The summed E-state index contributed by atoms with van der Waals surface area (Å²) in [5, 5.41) is 11.3. The summed E-state index contributed by atoms with van der Waals surface area (Å²) in [6.07, 6.45) is 6.17. The normalized spacial score (nSPS) is 10.6. The first-order chi connectivity index (χ1) is 7.84.